The molecule has 0 aromatic carbocycles. The van der Waals surface area contributed by atoms with Crippen molar-refractivity contribution >= 4 is 12.6 Å². The van der Waals surface area contributed by atoms with E-state index in [0.29, 0.717) is 5.92 Å². The van der Waals surface area contributed by atoms with Crippen LogP contribution >= 0.6 is 12.6 Å². The number of hydrogen-bond acceptors (Lipinski definition) is 3. The van der Waals surface area contributed by atoms with Gasteiger partial charge in [0, 0.05) is 0 Å². The molecule has 71 valence electrons. The quantitative estimate of drug-likeness (QED) is 0.584. The Bertz CT molecular complexity index is 105. The second-order valence-electron chi connectivity index (χ2n) is 3.56. The van der Waals surface area contributed by atoms with E-state index in [-0.39, 0.29) is 0 Å². The van der Waals surface area contributed by atoms with Gasteiger partial charge in [-0.15, -0.1) is 0 Å². The van der Waals surface area contributed by atoms with Crippen LogP contribution in [-0.2, 0) is 0 Å². The third kappa shape index (κ3) is 3.33. The Kier molecular flexibility index (Phi) is 5.04. The van der Waals surface area contributed by atoms with Crippen LogP contribution in [-0.4, -0.2) is 23.9 Å². The summed E-state index contributed by atoms with van der Waals surface area (Å²) in [5.74, 6) is 2.37. The summed E-state index contributed by atoms with van der Waals surface area (Å²) in [6.07, 6.45) is 3.26. The molecule has 2 N–H and O–H groups in total. The molecular formula is C9H18NOS. The van der Waals surface area contributed by atoms with Crippen LogP contribution in [0.4, 0.5) is 0 Å². The number of rotatable bonds is 4. The van der Waals surface area contributed by atoms with Crippen molar-refractivity contribution in [1.29, 1.82) is 0 Å². The zero-order valence-electron chi connectivity index (χ0n) is 7.37. The molecule has 3 heteroatoms. The summed E-state index contributed by atoms with van der Waals surface area (Å²) in [5, 5.41) is 12.1. The van der Waals surface area contributed by atoms with Crippen molar-refractivity contribution in [3.05, 3.63) is 6.61 Å². The molecule has 2 unspecified atom stereocenters. The van der Waals surface area contributed by atoms with E-state index in [9.17, 15) is 0 Å². The number of aliphatic hydroxyl groups excluding tert-OH is 1. The fraction of sp³-hybridized carbons (Fsp3) is 0.889. The maximum absolute atomic E-state index is 8.67. The Hall–Kier alpha value is 0.270. The highest BCUT2D eigenvalue weighted by Gasteiger charge is 2.20. The Balaban J connectivity index is 2.20. The standard InChI is InChI=1S/C9H18NOS/c11-3-1-8-5-9(2-4-12)7-10-6-8/h3,8-12H,1-2,4-7H2. The minimum absolute atomic E-state index is 0.633. The summed E-state index contributed by atoms with van der Waals surface area (Å²) < 4.78 is 0. The normalized spacial score (nSPS) is 30.5. The number of thiol groups is 1. The molecule has 0 spiro atoms. The van der Waals surface area contributed by atoms with Gasteiger partial charge in [0.15, 0.2) is 0 Å². The van der Waals surface area contributed by atoms with Crippen LogP contribution in [0.25, 0.3) is 0 Å². The van der Waals surface area contributed by atoms with Crippen LogP contribution in [0.2, 0.25) is 0 Å². The molecule has 12 heavy (non-hydrogen) atoms. The van der Waals surface area contributed by atoms with Crippen LogP contribution in [0.15, 0.2) is 0 Å². The summed E-state index contributed by atoms with van der Waals surface area (Å²) >= 11 is 4.23. The third-order valence-corrected chi connectivity index (χ3v) is 2.77. The minimum atomic E-state index is 0.633. The van der Waals surface area contributed by atoms with Crippen LogP contribution < -0.4 is 5.32 Å². The minimum Gasteiger partial charge on any atom is -0.390 e. The monoisotopic (exact) mass is 188 g/mol. The zero-order valence-corrected chi connectivity index (χ0v) is 8.26. The van der Waals surface area contributed by atoms with Gasteiger partial charge in [-0.2, -0.15) is 12.6 Å². The third-order valence-electron chi connectivity index (χ3n) is 2.51. The van der Waals surface area contributed by atoms with E-state index in [1.165, 1.54) is 19.4 Å². The lowest BCUT2D eigenvalue weighted by atomic mass is 9.87. The predicted molar refractivity (Wildman–Crippen MR) is 53.8 cm³/mol. The van der Waals surface area contributed by atoms with Crippen molar-refractivity contribution in [2.24, 2.45) is 11.8 Å². The molecule has 1 aliphatic rings. The number of aliphatic hydroxyl groups is 1. The van der Waals surface area contributed by atoms with Gasteiger partial charge in [-0.1, -0.05) is 0 Å². The van der Waals surface area contributed by atoms with Crippen molar-refractivity contribution in [3.63, 3.8) is 0 Å². The second-order valence-corrected chi connectivity index (χ2v) is 4.00. The lowest BCUT2D eigenvalue weighted by molar-refractivity contribution is 0.248. The van der Waals surface area contributed by atoms with E-state index in [1.54, 1.807) is 0 Å². The van der Waals surface area contributed by atoms with Crippen LogP contribution in [0.5, 0.6) is 0 Å². The van der Waals surface area contributed by atoms with Gasteiger partial charge in [-0.05, 0) is 49.9 Å². The van der Waals surface area contributed by atoms with Gasteiger partial charge in [-0.25, -0.2) is 0 Å². The van der Waals surface area contributed by atoms with Crippen molar-refractivity contribution in [2.45, 2.75) is 19.3 Å². The molecular weight excluding hydrogens is 170 g/mol. The largest absolute Gasteiger partial charge is 0.390 e. The molecule has 0 bridgehead atoms. The summed E-state index contributed by atoms with van der Waals surface area (Å²) in [6, 6.07) is 0. The molecule has 0 aliphatic carbocycles. The molecule has 0 amide bonds. The van der Waals surface area contributed by atoms with Crippen molar-refractivity contribution in [3.8, 4) is 0 Å². The van der Waals surface area contributed by atoms with Gasteiger partial charge in [0.1, 0.15) is 0 Å². The van der Waals surface area contributed by atoms with Gasteiger partial charge < -0.3 is 10.4 Å². The number of nitrogens with one attached hydrogen (secondary N) is 1. The highest BCUT2D eigenvalue weighted by Crippen LogP contribution is 2.22. The van der Waals surface area contributed by atoms with Crippen molar-refractivity contribution in [2.75, 3.05) is 18.8 Å². The average Bonchev–Trinajstić information content (AvgIpc) is 2.06. The molecule has 0 saturated carbocycles. The number of hydrogen-bond donors (Lipinski definition) is 3. The molecule has 1 radical (unpaired) electrons. The smallest absolute Gasteiger partial charge is 0.0802 e. The SMILES string of the molecule is O[CH]CC1CNCC(CCS)C1. The Morgan fingerprint density at radius 2 is 2.17 bits per heavy atom. The van der Waals surface area contributed by atoms with Gasteiger partial charge in [0.2, 0.25) is 0 Å². The van der Waals surface area contributed by atoms with E-state index in [0.717, 1.165) is 31.2 Å². The van der Waals surface area contributed by atoms with E-state index in [4.69, 9.17) is 5.11 Å². The Morgan fingerprint density at radius 3 is 2.83 bits per heavy atom. The first-order chi connectivity index (χ1) is 5.86. The average molecular weight is 188 g/mol. The molecule has 1 heterocycles. The Morgan fingerprint density at radius 1 is 1.42 bits per heavy atom. The van der Waals surface area contributed by atoms with Crippen molar-refractivity contribution < 1.29 is 5.11 Å². The van der Waals surface area contributed by atoms with Crippen LogP contribution in [0, 0.1) is 18.4 Å². The zero-order chi connectivity index (χ0) is 8.81. The summed E-state index contributed by atoms with van der Waals surface area (Å²) in [5.41, 5.74) is 0. The first kappa shape index (κ1) is 10.4. The fourth-order valence-electron chi connectivity index (χ4n) is 1.86. The van der Waals surface area contributed by atoms with Gasteiger partial charge in [-0.3, -0.25) is 0 Å². The lowest BCUT2D eigenvalue weighted by Crippen LogP contribution is -2.36. The highest BCUT2D eigenvalue weighted by atomic mass is 32.1. The first-order valence-electron chi connectivity index (χ1n) is 4.64. The van der Waals surface area contributed by atoms with E-state index < -0.39 is 0 Å². The maximum atomic E-state index is 8.67. The summed E-state index contributed by atoms with van der Waals surface area (Å²) in [6.45, 7) is 3.47. The molecule has 1 rings (SSSR count). The van der Waals surface area contributed by atoms with E-state index in [2.05, 4.69) is 17.9 Å². The number of piperidine rings is 1. The predicted octanol–water partition coefficient (Wildman–Crippen LogP) is 1.46. The highest BCUT2D eigenvalue weighted by molar-refractivity contribution is 7.80. The topological polar surface area (TPSA) is 32.3 Å². The fourth-order valence-corrected chi connectivity index (χ4v) is 2.23. The van der Waals surface area contributed by atoms with Crippen molar-refractivity contribution in [1.82, 2.24) is 5.32 Å². The van der Waals surface area contributed by atoms with Crippen LogP contribution in [0.3, 0.4) is 0 Å². The van der Waals surface area contributed by atoms with E-state index >= 15 is 0 Å². The molecule has 1 fully saturated rings. The lowest BCUT2D eigenvalue weighted by Gasteiger charge is -2.29. The molecule has 0 aromatic rings. The molecule has 2 nitrogen and oxygen atoms in total. The second kappa shape index (κ2) is 5.84. The van der Waals surface area contributed by atoms with E-state index in [1.807, 2.05) is 0 Å². The molecule has 2 atom stereocenters. The van der Waals surface area contributed by atoms with Crippen LogP contribution in [0.1, 0.15) is 19.3 Å². The molecule has 0 aromatic heterocycles. The summed E-state index contributed by atoms with van der Waals surface area (Å²) in [7, 11) is 0. The maximum Gasteiger partial charge on any atom is 0.0802 e. The molecule has 1 saturated heterocycles. The molecule has 1 aliphatic heterocycles. The van der Waals surface area contributed by atoms with Gasteiger partial charge >= 0.3 is 0 Å². The van der Waals surface area contributed by atoms with Gasteiger partial charge in [0.25, 0.3) is 0 Å². The summed E-state index contributed by atoms with van der Waals surface area (Å²) in [4.78, 5) is 0. The first-order valence-corrected chi connectivity index (χ1v) is 5.27. The van der Waals surface area contributed by atoms with Gasteiger partial charge in [0.05, 0.1) is 6.61 Å². The Labute approximate surface area is 80.2 Å².